The number of rotatable bonds is 8. The molecule has 0 saturated heterocycles. The standard InChI is InChI=1S/C20H27N3O/c1-4-5-13-21-19-12-11-18(14-22-19)20(24)23(16(2)3)15-17-9-7-6-8-10-17/h6-12,14,16H,4-5,13,15H2,1-3H3,(H,21,22). The van der Waals surface area contributed by atoms with Crippen molar-refractivity contribution in [2.45, 2.75) is 46.2 Å². The third-order valence-corrected chi connectivity index (χ3v) is 3.93. The van der Waals surface area contributed by atoms with Gasteiger partial charge in [-0.05, 0) is 38.0 Å². The Labute approximate surface area is 144 Å². The van der Waals surface area contributed by atoms with Crippen LogP contribution in [0.25, 0.3) is 0 Å². The molecule has 0 fully saturated rings. The van der Waals surface area contributed by atoms with E-state index in [1.54, 1.807) is 6.20 Å². The zero-order chi connectivity index (χ0) is 17.4. The van der Waals surface area contributed by atoms with Crippen LogP contribution in [0.5, 0.6) is 0 Å². The highest BCUT2D eigenvalue weighted by molar-refractivity contribution is 5.94. The van der Waals surface area contributed by atoms with Crippen molar-refractivity contribution in [3.63, 3.8) is 0 Å². The largest absolute Gasteiger partial charge is 0.370 e. The van der Waals surface area contributed by atoms with Gasteiger partial charge in [0.2, 0.25) is 0 Å². The van der Waals surface area contributed by atoms with Gasteiger partial charge in [0.05, 0.1) is 5.56 Å². The molecule has 1 aromatic heterocycles. The first-order valence-electron chi connectivity index (χ1n) is 8.66. The van der Waals surface area contributed by atoms with Gasteiger partial charge in [0.15, 0.2) is 0 Å². The summed E-state index contributed by atoms with van der Waals surface area (Å²) in [5.41, 5.74) is 1.76. The molecule has 0 bridgehead atoms. The smallest absolute Gasteiger partial charge is 0.255 e. The molecule has 4 nitrogen and oxygen atoms in total. The van der Waals surface area contributed by atoms with Crippen LogP contribution in [-0.4, -0.2) is 28.4 Å². The second kappa shape index (κ2) is 9.06. The first kappa shape index (κ1) is 18.0. The highest BCUT2D eigenvalue weighted by atomic mass is 16.2. The van der Waals surface area contributed by atoms with Crippen molar-refractivity contribution in [2.75, 3.05) is 11.9 Å². The van der Waals surface area contributed by atoms with Gasteiger partial charge in [0.1, 0.15) is 5.82 Å². The van der Waals surface area contributed by atoms with Crippen LogP contribution in [0, 0.1) is 0 Å². The summed E-state index contributed by atoms with van der Waals surface area (Å²) in [4.78, 5) is 19.1. The molecule has 0 spiro atoms. The van der Waals surface area contributed by atoms with Crippen molar-refractivity contribution in [1.82, 2.24) is 9.88 Å². The van der Waals surface area contributed by atoms with E-state index in [-0.39, 0.29) is 11.9 Å². The van der Waals surface area contributed by atoms with E-state index in [1.165, 1.54) is 0 Å². The van der Waals surface area contributed by atoms with Crippen LogP contribution >= 0.6 is 0 Å². The maximum Gasteiger partial charge on any atom is 0.255 e. The van der Waals surface area contributed by atoms with Gasteiger partial charge in [-0.15, -0.1) is 0 Å². The lowest BCUT2D eigenvalue weighted by molar-refractivity contribution is 0.0690. The molecule has 4 heteroatoms. The average molecular weight is 325 g/mol. The number of aromatic nitrogens is 1. The molecule has 2 aromatic rings. The van der Waals surface area contributed by atoms with Crippen LogP contribution in [0.15, 0.2) is 48.7 Å². The minimum absolute atomic E-state index is 0.0152. The van der Waals surface area contributed by atoms with Crippen LogP contribution in [-0.2, 0) is 6.54 Å². The predicted octanol–water partition coefficient (Wildman–Crippen LogP) is 4.34. The summed E-state index contributed by atoms with van der Waals surface area (Å²) in [6.45, 7) is 7.74. The Morgan fingerprint density at radius 3 is 2.50 bits per heavy atom. The molecule has 0 radical (unpaired) electrons. The van der Waals surface area contributed by atoms with Crippen LogP contribution in [0.4, 0.5) is 5.82 Å². The number of benzene rings is 1. The Morgan fingerprint density at radius 1 is 1.17 bits per heavy atom. The van der Waals surface area contributed by atoms with E-state index in [0.29, 0.717) is 12.1 Å². The normalized spacial score (nSPS) is 10.7. The molecule has 2 rings (SSSR count). The summed E-state index contributed by atoms with van der Waals surface area (Å²) < 4.78 is 0. The van der Waals surface area contributed by atoms with Gasteiger partial charge >= 0.3 is 0 Å². The van der Waals surface area contributed by atoms with Gasteiger partial charge in [-0.25, -0.2) is 4.98 Å². The molecule has 128 valence electrons. The summed E-state index contributed by atoms with van der Waals surface area (Å²) in [5.74, 6) is 0.834. The molecule has 24 heavy (non-hydrogen) atoms. The summed E-state index contributed by atoms with van der Waals surface area (Å²) in [6, 6.07) is 13.9. The van der Waals surface area contributed by atoms with Gasteiger partial charge in [-0.1, -0.05) is 43.7 Å². The van der Waals surface area contributed by atoms with Crippen LogP contribution in [0.1, 0.15) is 49.5 Å². The maximum absolute atomic E-state index is 12.8. The highest BCUT2D eigenvalue weighted by Gasteiger charge is 2.19. The van der Waals surface area contributed by atoms with Crippen molar-refractivity contribution in [1.29, 1.82) is 0 Å². The van der Waals surface area contributed by atoms with E-state index in [4.69, 9.17) is 0 Å². The molecule has 0 aliphatic carbocycles. The van der Waals surface area contributed by atoms with E-state index < -0.39 is 0 Å². The number of pyridine rings is 1. The molecular weight excluding hydrogens is 298 g/mol. The molecule has 1 N–H and O–H groups in total. The van der Waals surface area contributed by atoms with E-state index in [9.17, 15) is 4.79 Å². The topological polar surface area (TPSA) is 45.2 Å². The molecule has 0 saturated carbocycles. The zero-order valence-electron chi connectivity index (χ0n) is 14.8. The number of anilines is 1. The number of unbranched alkanes of at least 4 members (excludes halogenated alkanes) is 1. The van der Waals surface area contributed by atoms with E-state index in [2.05, 4.69) is 17.2 Å². The Hall–Kier alpha value is -2.36. The Morgan fingerprint density at radius 2 is 1.92 bits per heavy atom. The lowest BCUT2D eigenvalue weighted by Gasteiger charge is -2.27. The van der Waals surface area contributed by atoms with Crippen LogP contribution < -0.4 is 5.32 Å². The molecule has 0 unspecified atom stereocenters. The SMILES string of the molecule is CCCCNc1ccc(C(=O)N(Cc2ccccc2)C(C)C)cn1. The van der Waals surface area contributed by atoms with E-state index in [0.717, 1.165) is 30.8 Å². The van der Waals surface area contributed by atoms with Gasteiger partial charge in [0.25, 0.3) is 5.91 Å². The zero-order valence-corrected chi connectivity index (χ0v) is 14.8. The van der Waals surface area contributed by atoms with Gasteiger partial charge < -0.3 is 10.2 Å². The molecule has 1 heterocycles. The van der Waals surface area contributed by atoms with Crippen LogP contribution in [0.2, 0.25) is 0 Å². The van der Waals surface area contributed by atoms with E-state index >= 15 is 0 Å². The quantitative estimate of drug-likeness (QED) is 0.734. The minimum Gasteiger partial charge on any atom is -0.370 e. The maximum atomic E-state index is 12.8. The second-order valence-corrected chi connectivity index (χ2v) is 6.22. The fraction of sp³-hybridized carbons (Fsp3) is 0.400. The average Bonchev–Trinajstić information content (AvgIpc) is 2.60. The van der Waals surface area contributed by atoms with Crippen molar-refractivity contribution < 1.29 is 4.79 Å². The molecular formula is C20H27N3O. The third kappa shape index (κ3) is 5.08. The molecule has 0 aliphatic rings. The number of hydrogen-bond donors (Lipinski definition) is 1. The third-order valence-electron chi connectivity index (χ3n) is 3.93. The van der Waals surface area contributed by atoms with Crippen molar-refractivity contribution in [3.05, 3.63) is 59.8 Å². The van der Waals surface area contributed by atoms with Crippen molar-refractivity contribution >= 4 is 11.7 Å². The summed E-state index contributed by atoms with van der Waals surface area (Å²) in [6.07, 6.45) is 3.92. The fourth-order valence-electron chi connectivity index (χ4n) is 2.45. The minimum atomic E-state index is 0.0152. The lowest BCUT2D eigenvalue weighted by Crippen LogP contribution is -2.36. The summed E-state index contributed by atoms with van der Waals surface area (Å²) in [5, 5.41) is 3.27. The first-order valence-corrected chi connectivity index (χ1v) is 8.66. The number of carbonyl (C=O) groups is 1. The van der Waals surface area contributed by atoms with Gasteiger partial charge in [-0.2, -0.15) is 0 Å². The highest BCUT2D eigenvalue weighted by Crippen LogP contribution is 2.14. The Balaban J connectivity index is 2.06. The fourth-order valence-corrected chi connectivity index (χ4v) is 2.45. The van der Waals surface area contributed by atoms with Crippen molar-refractivity contribution in [3.8, 4) is 0 Å². The summed E-state index contributed by atoms with van der Waals surface area (Å²) in [7, 11) is 0. The lowest BCUT2D eigenvalue weighted by atomic mass is 10.1. The monoisotopic (exact) mass is 325 g/mol. The van der Waals surface area contributed by atoms with Crippen molar-refractivity contribution in [2.24, 2.45) is 0 Å². The molecule has 1 amide bonds. The first-order chi connectivity index (χ1) is 11.6. The number of nitrogens with one attached hydrogen (secondary N) is 1. The van der Waals surface area contributed by atoms with Gasteiger partial charge in [-0.3, -0.25) is 4.79 Å². The second-order valence-electron chi connectivity index (χ2n) is 6.22. The van der Waals surface area contributed by atoms with E-state index in [1.807, 2.05) is 61.2 Å². The Kier molecular flexibility index (Phi) is 6.79. The number of hydrogen-bond acceptors (Lipinski definition) is 3. The van der Waals surface area contributed by atoms with Crippen LogP contribution in [0.3, 0.4) is 0 Å². The number of nitrogens with zero attached hydrogens (tertiary/aromatic N) is 2. The Bertz CT molecular complexity index is 623. The molecule has 0 atom stereocenters. The molecule has 1 aromatic carbocycles. The predicted molar refractivity (Wildman–Crippen MR) is 99.1 cm³/mol. The summed E-state index contributed by atoms with van der Waals surface area (Å²) >= 11 is 0. The number of carbonyl (C=O) groups excluding carboxylic acids is 1. The molecule has 0 aliphatic heterocycles. The number of amides is 1. The van der Waals surface area contributed by atoms with Gasteiger partial charge in [0, 0.05) is 25.3 Å².